The van der Waals surface area contributed by atoms with E-state index in [0.717, 1.165) is 0 Å². The molecule has 5 rings (SSSR count). The maximum atomic E-state index is 13.9. The second kappa shape index (κ2) is 11.8. The van der Waals surface area contributed by atoms with Crippen LogP contribution in [0.5, 0.6) is 0 Å². The Labute approximate surface area is 240 Å². The molecule has 9 nitrogen and oxygen atoms in total. The van der Waals surface area contributed by atoms with Crippen molar-refractivity contribution >= 4 is 33.6 Å². The molecule has 1 aromatic heterocycles. The molecule has 3 atom stereocenters. The highest BCUT2D eigenvalue weighted by atomic mass is 32.3. The normalized spacial score (nSPS) is 18.8. The quantitative estimate of drug-likeness (QED) is 0.181. The van der Waals surface area contributed by atoms with E-state index in [9.17, 15) is 37.0 Å². The fraction of sp³-hybridized carbons (Fsp3) is 0.276. The van der Waals surface area contributed by atoms with Crippen LogP contribution in [-0.2, 0) is 22.4 Å². The minimum Gasteiger partial charge on any atom is -0.391 e. The summed E-state index contributed by atoms with van der Waals surface area (Å²) in [6, 6.07) is 20.7. The van der Waals surface area contributed by atoms with Gasteiger partial charge in [-0.05, 0) is 28.8 Å². The van der Waals surface area contributed by atoms with Gasteiger partial charge in [-0.2, -0.15) is 13.2 Å². The highest BCUT2D eigenvalue weighted by Crippen LogP contribution is 2.56. The number of aliphatic hydroxyl groups excluding tert-OH is 1. The summed E-state index contributed by atoms with van der Waals surface area (Å²) in [4.78, 5) is 32.7. The maximum Gasteiger partial charge on any atom is 0.471 e. The van der Waals surface area contributed by atoms with Crippen LogP contribution in [0.4, 0.5) is 13.2 Å². The van der Waals surface area contributed by atoms with Crippen molar-refractivity contribution in [2.75, 3.05) is 6.54 Å². The van der Waals surface area contributed by atoms with Gasteiger partial charge in [-0.25, -0.2) is 4.98 Å². The van der Waals surface area contributed by atoms with Crippen LogP contribution < -0.4 is 4.72 Å². The van der Waals surface area contributed by atoms with Gasteiger partial charge in [0, 0.05) is 19.4 Å². The van der Waals surface area contributed by atoms with Crippen LogP contribution in [-0.4, -0.2) is 59.7 Å². The zero-order chi connectivity index (χ0) is 30.1. The number of aromatic amines is 1. The number of nitrogens with one attached hydrogen (secondary N) is 2. The zero-order valence-electron chi connectivity index (χ0n) is 22.2. The van der Waals surface area contributed by atoms with Gasteiger partial charge >= 0.3 is 12.1 Å². The SMILES string of the molecule is O=C1CC(c2ccc(C[C@@H](c3nc4ccccc4[nH]3)N(C[C@@H](O)Cc3ccccc3)C(=O)C(F)(F)F)cc2)S(O)(O)N1. The van der Waals surface area contributed by atoms with E-state index in [1.807, 2.05) is 0 Å². The number of hydrogen-bond acceptors (Lipinski definition) is 6. The molecular formula is C29H29F3N4O5S. The fourth-order valence-electron chi connectivity index (χ4n) is 5.14. The molecule has 13 heteroatoms. The van der Waals surface area contributed by atoms with Crippen molar-refractivity contribution in [3.05, 3.63) is 101 Å². The number of aromatic nitrogens is 2. The minimum absolute atomic E-state index is 0.0323. The number of H-pyrrole nitrogens is 1. The first-order valence-corrected chi connectivity index (χ1v) is 14.7. The molecule has 1 aliphatic heterocycles. The van der Waals surface area contributed by atoms with E-state index in [4.69, 9.17) is 0 Å². The van der Waals surface area contributed by atoms with Gasteiger partial charge in [0.05, 0.1) is 29.6 Å². The van der Waals surface area contributed by atoms with Crippen molar-refractivity contribution in [2.45, 2.75) is 42.8 Å². The average Bonchev–Trinajstić information content (AvgIpc) is 3.49. The van der Waals surface area contributed by atoms with Crippen LogP contribution in [0, 0.1) is 0 Å². The Hall–Kier alpha value is -3.91. The molecule has 1 saturated heterocycles. The van der Waals surface area contributed by atoms with Crippen molar-refractivity contribution in [1.82, 2.24) is 19.6 Å². The monoisotopic (exact) mass is 602 g/mol. The standard InChI is InChI=1S/C29H29F3N4O5S/c30-29(31,32)28(39)36(17-21(37)14-18-6-2-1-3-7-18)24(27-33-22-8-4-5-9-23(22)34-27)15-19-10-12-20(13-11-19)25-16-26(38)35-42(25,40)41/h1-13,21,24-25,37,40-41H,14-17H2,(H,33,34)(H,35,38)/t21-,24-,25?/m0/s1. The lowest BCUT2D eigenvalue weighted by molar-refractivity contribution is -0.189. The number of nitrogens with zero attached hydrogens (tertiary/aromatic N) is 2. The Balaban J connectivity index is 1.49. The number of rotatable bonds is 9. The van der Waals surface area contributed by atoms with E-state index in [-0.39, 0.29) is 25.1 Å². The lowest BCUT2D eigenvalue weighted by Crippen LogP contribution is -2.48. The molecule has 0 saturated carbocycles. The molecule has 3 aromatic carbocycles. The third-order valence-corrected chi connectivity index (χ3v) is 8.90. The Morgan fingerprint density at radius 1 is 0.976 bits per heavy atom. The van der Waals surface area contributed by atoms with E-state index in [1.165, 1.54) is 0 Å². The van der Waals surface area contributed by atoms with Crippen LogP contribution in [0.15, 0.2) is 78.9 Å². The summed E-state index contributed by atoms with van der Waals surface area (Å²) in [5.41, 5.74) is 2.77. The number of benzene rings is 3. The number of carbonyl (C=O) groups is 2. The zero-order valence-corrected chi connectivity index (χ0v) is 23.0. The number of para-hydroxylation sites is 2. The van der Waals surface area contributed by atoms with Gasteiger partial charge in [-0.1, -0.05) is 66.7 Å². The lowest BCUT2D eigenvalue weighted by Gasteiger charge is -2.34. The number of carbonyl (C=O) groups excluding carboxylic acids is 2. The highest BCUT2D eigenvalue weighted by Gasteiger charge is 2.46. The topological polar surface area (TPSA) is 139 Å². The van der Waals surface area contributed by atoms with Crippen LogP contribution >= 0.6 is 10.8 Å². The van der Waals surface area contributed by atoms with Crippen molar-refractivity contribution < 1.29 is 37.0 Å². The summed E-state index contributed by atoms with van der Waals surface area (Å²) < 4.78 is 64.5. The second-order valence-electron chi connectivity index (χ2n) is 10.2. The van der Waals surface area contributed by atoms with Gasteiger partial charge < -0.3 is 15.0 Å². The number of halogens is 3. The number of aliphatic hydroxyl groups is 1. The molecule has 2 amide bonds. The number of fused-ring (bicyclic) bond motifs is 1. The third-order valence-electron chi connectivity index (χ3n) is 7.14. The van der Waals surface area contributed by atoms with Gasteiger partial charge in [-0.15, -0.1) is 10.8 Å². The van der Waals surface area contributed by atoms with Crippen molar-refractivity contribution in [1.29, 1.82) is 0 Å². The summed E-state index contributed by atoms with van der Waals surface area (Å²) >= 11 is 0. The van der Waals surface area contributed by atoms with E-state index >= 15 is 0 Å². The lowest BCUT2D eigenvalue weighted by atomic mass is 9.99. The molecular weight excluding hydrogens is 573 g/mol. The summed E-state index contributed by atoms with van der Waals surface area (Å²) in [7, 11) is -3.38. The number of hydrogen-bond donors (Lipinski definition) is 5. The smallest absolute Gasteiger partial charge is 0.391 e. The Kier molecular flexibility index (Phi) is 8.28. The third kappa shape index (κ3) is 6.59. The number of alkyl halides is 3. The van der Waals surface area contributed by atoms with Crippen molar-refractivity contribution in [3.8, 4) is 0 Å². The molecule has 1 fully saturated rings. The Bertz CT molecular complexity index is 1530. The molecule has 1 unspecified atom stereocenters. The van der Waals surface area contributed by atoms with Gasteiger partial charge in [0.25, 0.3) is 0 Å². The number of amides is 2. The maximum absolute atomic E-state index is 13.9. The molecule has 5 N–H and O–H groups in total. The predicted molar refractivity (Wildman–Crippen MR) is 151 cm³/mol. The molecule has 0 spiro atoms. The van der Waals surface area contributed by atoms with Gasteiger partial charge in [0.2, 0.25) is 5.91 Å². The molecule has 222 valence electrons. The minimum atomic E-state index is -5.21. The fourth-order valence-corrected chi connectivity index (χ4v) is 6.62. The van der Waals surface area contributed by atoms with E-state index < -0.39 is 52.7 Å². The predicted octanol–water partition coefficient (Wildman–Crippen LogP) is 5.07. The molecule has 0 aliphatic carbocycles. The van der Waals surface area contributed by atoms with Crippen LogP contribution in [0.3, 0.4) is 0 Å². The molecule has 4 aromatic rings. The highest BCUT2D eigenvalue weighted by molar-refractivity contribution is 8.23. The Morgan fingerprint density at radius 3 is 2.24 bits per heavy atom. The molecule has 42 heavy (non-hydrogen) atoms. The van der Waals surface area contributed by atoms with Crippen molar-refractivity contribution in [2.24, 2.45) is 0 Å². The van der Waals surface area contributed by atoms with Crippen LogP contribution in [0.25, 0.3) is 11.0 Å². The van der Waals surface area contributed by atoms with Crippen molar-refractivity contribution in [3.63, 3.8) is 0 Å². The molecule has 0 radical (unpaired) electrons. The van der Waals surface area contributed by atoms with Gasteiger partial charge in [0.1, 0.15) is 11.1 Å². The summed E-state index contributed by atoms with van der Waals surface area (Å²) in [6.45, 7) is -0.607. The first kappa shape index (κ1) is 29.6. The first-order chi connectivity index (χ1) is 19.9. The number of imidazole rings is 1. The van der Waals surface area contributed by atoms with E-state index in [0.29, 0.717) is 32.6 Å². The first-order valence-electron chi connectivity index (χ1n) is 13.1. The van der Waals surface area contributed by atoms with Gasteiger partial charge in [-0.3, -0.25) is 23.4 Å². The second-order valence-corrected chi connectivity index (χ2v) is 12.2. The molecule has 0 bridgehead atoms. The largest absolute Gasteiger partial charge is 0.471 e. The summed E-state index contributed by atoms with van der Waals surface area (Å²) in [6.07, 6.45) is -6.69. The molecule has 2 heterocycles. The van der Waals surface area contributed by atoms with E-state index in [1.54, 1.807) is 78.9 Å². The van der Waals surface area contributed by atoms with Crippen LogP contribution in [0.2, 0.25) is 0 Å². The summed E-state index contributed by atoms with van der Waals surface area (Å²) in [5, 5.41) is 9.99. The van der Waals surface area contributed by atoms with E-state index in [2.05, 4.69) is 14.7 Å². The van der Waals surface area contributed by atoms with Crippen LogP contribution in [0.1, 0.15) is 40.2 Å². The summed E-state index contributed by atoms with van der Waals surface area (Å²) in [5.74, 6) is -2.49. The van der Waals surface area contributed by atoms with Gasteiger partial charge in [0.15, 0.2) is 0 Å². The Morgan fingerprint density at radius 2 is 1.62 bits per heavy atom. The molecule has 1 aliphatic rings. The average molecular weight is 603 g/mol.